The van der Waals surface area contributed by atoms with Crippen molar-refractivity contribution in [3.8, 4) is 0 Å². The minimum atomic E-state index is -0.248. The van der Waals surface area contributed by atoms with Crippen molar-refractivity contribution in [3.63, 3.8) is 0 Å². The minimum absolute atomic E-state index is 0. The van der Waals surface area contributed by atoms with Gasteiger partial charge < -0.3 is 15.2 Å². The van der Waals surface area contributed by atoms with Crippen LogP contribution in [0.4, 0.5) is 4.39 Å². The Balaban J connectivity index is 0.00000338. The standard InChI is InChI=1S/C19H25FN4O.HI/c1-2-21-19(23-15-16-8-7-9-17(20)14-16)22-11-4-6-13-24-12-5-3-10-18(24)25;/h3,5,7-10,12,14H,2,4,6,11,13,15H2,1H3,(H2,21,22,23);1H. The molecule has 1 aromatic carbocycles. The number of halogens is 2. The number of nitrogens with zero attached hydrogens (tertiary/aromatic N) is 2. The number of hydrogen-bond donors (Lipinski definition) is 2. The van der Waals surface area contributed by atoms with Crippen LogP contribution < -0.4 is 16.2 Å². The maximum absolute atomic E-state index is 13.2. The number of aliphatic imine (C=N–C) groups is 1. The number of rotatable bonds is 8. The number of aromatic nitrogens is 1. The zero-order chi connectivity index (χ0) is 17.9. The van der Waals surface area contributed by atoms with E-state index in [9.17, 15) is 9.18 Å². The van der Waals surface area contributed by atoms with Crippen molar-refractivity contribution >= 4 is 29.9 Å². The zero-order valence-corrected chi connectivity index (χ0v) is 17.3. The van der Waals surface area contributed by atoms with Crippen molar-refractivity contribution in [2.45, 2.75) is 32.9 Å². The molecule has 0 atom stereocenters. The second kappa shape index (κ2) is 12.5. The second-order valence-electron chi connectivity index (χ2n) is 5.69. The van der Waals surface area contributed by atoms with Crippen LogP contribution in [-0.4, -0.2) is 23.6 Å². The van der Waals surface area contributed by atoms with Crippen molar-refractivity contribution in [1.29, 1.82) is 0 Å². The zero-order valence-electron chi connectivity index (χ0n) is 15.0. The summed E-state index contributed by atoms with van der Waals surface area (Å²) in [6.07, 6.45) is 3.63. The molecule has 2 rings (SSSR count). The summed E-state index contributed by atoms with van der Waals surface area (Å²) in [4.78, 5) is 16.1. The van der Waals surface area contributed by atoms with E-state index in [1.807, 2.05) is 19.1 Å². The van der Waals surface area contributed by atoms with Crippen LogP contribution in [0.2, 0.25) is 0 Å². The van der Waals surface area contributed by atoms with E-state index in [-0.39, 0.29) is 35.4 Å². The molecule has 26 heavy (non-hydrogen) atoms. The van der Waals surface area contributed by atoms with Gasteiger partial charge in [0.1, 0.15) is 5.82 Å². The van der Waals surface area contributed by atoms with E-state index in [0.717, 1.165) is 31.5 Å². The first-order chi connectivity index (χ1) is 12.2. The number of unbranched alkanes of at least 4 members (excludes halogenated alkanes) is 1. The van der Waals surface area contributed by atoms with Crippen LogP contribution in [0.5, 0.6) is 0 Å². The summed E-state index contributed by atoms with van der Waals surface area (Å²) in [6, 6.07) is 11.6. The molecule has 2 N–H and O–H groups in total. The molecule has 142 valence electrons. The molecule has 2 aromatic rings. The second-order valence-corrected chi connectivity index (χ2v) is 5.69. The Morgan fingerprint density at radius 1 is 1.15 bits per heavy atom. The van der Waals surface area contributed by atoms with Crippen LogP contribution >= 0.6 is 24.0 Å². The van der Waals surface area contributed by atoms with E-state index in [0.29, 0.717) is 19.0 Å². The van der Waals surface area contributed by atoms with E-state index < -0.39 is 0 Å². The van der Waals surface area contributed by atoms with E-state index in [2.05, 4.69) is 15.6 Å². The van der Waals surface area contributed by atoms with Gasteiger partial charge in [-0.3, -0.25) is 4.79 Å². The molecule has 0 fully saturated rings. The molecule has 0 unspecified atom stereocenters. The lowest BCUT2D eigenvalue weighted by atomic mass is 10.2. The van der Waals surface area contributed by atoms with Gasteiger partial charge in [0, 0.05) is 31.9 Å². The normalized spacial score (nSPS) is 10.9. The van der Waals surface area contributed by atoms with E-state index >= 15 is 0 Å². The number of benzene rings is 1. The van der Waals surface area contributed by atoms with Crippen LogP contribution in [0.25, 0.3) is 0 Å². The van der Waals surface area contributed by atoms with Gasteiger partial charge >= 0.3 is 0 Å². The van der Waals surface area contributed by atoms with Gasteiger partial charge in [0.2, 0.25) is 5.56 Å². The fourth-order valence-electron chi connectivity index (χ4n) is 2.41. The SMILES string of the molecule is CCNC(=NCc1cccc(F)c1)NCCCCn1ccccc1=O.I. The Morgan fingerprint density at radius 2 is 2.00 bits per heavy atom. The fourth-order valence-corrected chi connectivity index (χ4v) is 2.41. The Labute approximate surface area is 170 Å². The lowest BCUT2D eigenvalue weighted by Gasteiger charge is -2.11. The molecule has 0 spiro atoms. The summed E-state index contributed by atoms with van der Waals surface area (Å²) in [5.74, 6) is 0.463. The van der Waals surface area contributed by atoms with Gasteiger partial charge in [-0.25, -0.2) is 9.38 Å². The lowest BCUT2D eigenvalue weighted by molar-refractivity contribution is 0.585. The van der Waals surface area contributed by atoms with Crippen LogP contribution in [0.3, 0.4) is 0 Å². The number of aryl methyl sites for hydroxylation is 1. The predicted octanol–water partition coefficient (Wildman–Crippen LogP) is 3.14. The highest BCUT2D eigenvalue weighted by molar-refractivity contribution is 14.0. The highest BCUT2D eigenvalue weighted by Gasteiger charge is 1.99. The molecule has 0 radical (unpaired) electrons. The van der Waals surface area contributed by atoms with Gasteiger partial charge in [-0.1, -0.05) is 18.2 Å². The molecule has 0 saturated carbocycles. The average Bonchev–Trinajstić information content (AvgIpc) is 2.61. The summed E-state index contributed by atoms with van der Waals surface area (Å²) in [5, 5.41) is 6.44. The minimum Gasteiger partial charge on any atom is -0.357 e. The summed E-state index contributed by atoms with van der Waals surface area (Å²) in [7, 11) is 0. The quantitative estimate of drug-likeness (QED) is 0.269. The van der Waals surface area contributed by atoms with Crippen molar-refractivity contribution in [2.24, 2.45) is 4.99 Å². The maximum Gasteiger partial charge on any atom is 0.250 e. The van der Waals surface area contributed by atoms with Gasteiger partial charge in [-0.05, 0) is 43.5 Å². The Hall–Kier alpha value is -1.90. The van der Waals surface area contributed by atoms with Crippen LogP contribution in [0.15, 0.2) is 58.4 Å². The first kappa shape index (κ1) is 22.1. The molecule has 7 heteroatoms. The molecule has 0 aliphatic rings. The third-order valence-corrected chi connectivity index (χ3v) is 3.67. The van der Waals surface area contributed by atoms with E-state index in [1.54, 1.807) is 29.0 Å². The monoisotopic (exact) mass is 472 g/mol. The van der Waals surface area contributed by atoms with Gasteiger partial charge in [0.25, 0.3) is 0 Å². The number of nitrogens with one attached hydrogen (secondary N) is 2. The van der Waals surface area contributed by atoms with Crippen LogP contribution in [0, 0.1) is 5.82 Å². The van der Waals surface area contributed by atoms with Crippen LogP contribution in [0.1, 0.15) is 25.3 Å². The number of guanidine groups is 1. The maximum atomic E-state index is 13.2. The van der Waals surface area contributed by atoms with Gasteiger partial charge in [0.05, 0.1) is 6.54 Å². The first-order valence-corrected chi connectivity index (χ1v) is 8.61. The average molecular weight is 472 g/mol. The Morgan fingerprint density at radius 3 is 2.73 bits per heavy atom. The molecule has 0 bridgehead atoms. The molecule has 1 heterocycles. The van der Waals surface area contributed by atoms with Gasteiger partial charge in [0.15, 0.2) is 5.96 Å². The smallest absolute Gasteiger partial charge is 0.250 e. The van der Waals surface area contributed by atoms with E-state index in [1.165, 1.54) is 12.1 Å². The largest absolute Gasteiger partial charge is 0.357 e. The third-order valence-electron chi connectivity index (χ3n) is 3.67. The van der Waals surface area contributed by atoms with Crippen molar-refractivity contribution < 1.29 is 4.39 Å². The van der Waals surface area contributed by atoms with Crippen LogP contribution in [-0.2, 0) is 13.1 Å². The first-order valence-electron chi connectivity index (χ1n) is 8.61. The summed E-state index contributed by atoms with van der Waals surface area (Å²) in [5.41, 5.74) is 0.862. The Bertz CT molecular complexity index is 748. The molecule has 1 aromatic heterocycles. The molecule has 0 amide bonds. The van der Waals surface area contributed by atoms with Crippen molar-refractivity contribution in [2.75, 3.05) is 13.1 Å². The summed E-state index contributed by atoms with van der Waals surface area (Å²) in [6.45, 7) is 4.65. The summed E-state index contributed by atoms with van der Waals surface area (Å²) < 4.78 is 14.9. The van der Waals surface area contributed by atoms with Gasteiger partial charge in [-0.2, -0.15) is 0 Å². The predicted molar refractivity (Wildman–Crippen MR) is 115 cm³/mol. The highest BCUT2D eigenvalue weighted by Crippen LogP contribution is 2.04. The highest BCUT2D eigenvalue weighted by atomic mass is 127. The number of pyridine rings is 1. The topological polar surface area (TPSA) is 58.4 Å². The fraction of sp³-hybridized carbons (Fsp3) is 0.368. The molecule has 0 saturated heterocycles. The van der Waals surface area contributed by atoms with E-state index in [4.69, 9.17) is 0 Å². The van der Waals surface area contributed by atoms with Crippen molar-refractivity contribution in [1.82, 2.24) is 15.2 Å². The molecule has 0 aliphatic heterocycles. The summed E-state index contributed by atoms with van der Waals surface area (Å²) >= 11 is 0. The molecule has 5 nitrogen and oxygen atoms in total. The molecule has 0 aliphatic carbocycles. The lowest BCUT2D eigenvalue weighted by Crippen LogP contribution is -2.37. The molecular formula is C19H26FIN4O. The third kappa shape index (κ3) is 7.99. The molecular weight excluding hydrogens is 446 g/mol. The van der Waals surface area contributed by atoms with Crippen molar-refractivity contribution in [3.05, 3.63) is 70.4 Å². The number of hydrogen-bond acceptors (Lipinski definition) is 2. The van der Waals surface area contributed by atoms with Gasteiger partial charge in [-0.15, -0.1) is 24.0 Å². The Kier molecular flexibility index (Phi) is 10.6.